The fourth-order valence-corrected chi connectivity index (χ4v) is 2.56. The first-order chi connectivity index (χ1) is 8.06. The van der Waals surface area contributed by atoms with E-state index in [0.717, 1.165) is 0 Å². The van der Waals surface area contributed by atoms with Gasteiger partial charge in [0.1, 0.15) is 0 Å². The van der Waals surface area contributed by atoms with Gasteiger partial charge in [-0.3, -0.25) is 0 Å². The average Bonchev–Trinajstić information content (AvgIpc) is 2.87. The molecule has 0 heterocycles. The fourth-order valence-electron chi connectivity index (χ4n) is 2.56. The van der Waals surface area contributed by atoms with Crippen LogP contribution in [0.4, 0.5) is 0 Å². The minimum atomic E-state index is 0.643. The van der Waals surface area contributed by atoms with Crippen molar-refractivity contribution in [1.82, 2.24) is 0 Å². The predicted octanol–water partition coefficient (Wildman–Crippen LogP) is 4.91. The third-order valence-corrected chi connectivity index (χ3v) is 3.76. The molecule has 0 N–H and O–H groups in total. The van der Waals surface area contributed by atoms with Crippen LogP contribution in [0.3, 0.4) is 0 Å². The van der Waals surface area contributed by atoms with Crippen molar-refractivity contribution in [2.75, 3.05) is 0 Å². The monoisotopic (exact) mass is 228 g/mol. The third-order valence-electron chi connectivity index (χ3n) is 3.76. The van der Waals surface area contributed by atoms with E-state index in [-0.39, 0.29) is 0 Å². The van der Waals surface area contributed by atoms with E-state index in [1.54, 1.807) is 0 Å². The molecule has 2 rings (SSSR count). The van der Waals surface area contributed by atoms with Crippen molar-refractivity contribution in [3.63, 3.8) is 0 Å². The zero-order valence-electron chi connectivity index (χ0n) is 11.5. The maximum Gasteiger partial charge on any atom is -0.00358 e. The molecule has 0 heteroatoms. The van der Waals surface area contributed by atoms with Gasteiger partial charge >= 0.3 is 0 Å². The molecule has 2 atom stereocenters. The van der Waals surface area contributed by atoms with Gasteiger partial charge in [-0.05, 0) is 41.2 Å². The van der Waals surface area contributed by atoms with Gasteiger partial charge in [-0.2, -0.15) is 0 Å². The van der Waals surface area contributed by atoms with Crippen LogP contribution < -0.4 is 0 Å². The van der Waals surface area contributed by atoms with Crippen LogP contribution in [-0.4, -0.2) is 0 Å². The molecule has 0 aromatic heterocycles. The van der Waals surface area contributed by atoms with Gasteiger partial charge in [0.05, 0.1) is 0 Å². The molecule has 2 aliphatic rings. The number of rotatable bonds is 4. The Balaban J connectivity index is 1.93. The Morgan fingerprint density at radius 3 is 1.53 bits per heavy atom. The highest BCUT2D eigenvalue weighted by Crippen LogP contribution is 2.31. The molecule has 2 unspecified atom stereocenters. The maximum atomic E-state index is 2.44. The lowest BCUT2D eigenvalue weighted by molar-refractivity contribution is 0.628. The lowest BCUT2D eigenvalue weighted by Gasteiger charge is -2.10. The second kappa shape index (κ2) is 5.08. The molecule has 0 bridgehead atoms. The molecule has 0 aliphatic heterocycles. The van der Waals surface area contributed by atoms with E-state index in [1.165, 1.54) is 17.6 Å². The Morgan fingerprint density at radius 2 is 1.24 bits per heavy atom. The van der Waals surface area contributed by atoms with Gasteiger partial charge in [-0.1, -0.05) is 64.2 Å². The van der Waals surface area contributed by atoms with Crippen molar-refractivity contribution in [3.05, 3.63) is 47.6 Å². The van der Waals surface area contributed by atoms with Crippen molar-refractivity contribution in [3.8, 4) is 0 Å². The van der Waals surface area contributed by atoms with Gasteiger partial charge in [-0.25, -0.2) is 0 Å². The van der Waals surface area contributed by atoms with Gasteiger partial charge < -0.3 is 0 Å². The van der Waals surface area contributed by atoms with Crippen LogP contribution in [0.25, 0.3) is 0 Å². The minimum absolute atomic E-state index is 0.643. The van der Waals surface area contributed by atoms with E-state index in [4.69, 9.17) is 0 Å². The SMILES string of the molecule is CC(C)C1=CC(CC2C=CC(C(C)C)=C2)C=C1. The van der Waals surface area contributed by atoms with Crippen LogP contribution in [-0.2, 0) is 0 Å². The quantitative estimate of drug-likeness (QED) is 0.641. The van der Waals surface area contributed by atoms with Crippen LogP contribution in [0.1, 0.15) is 34.1 Å². The lowest BCUT2D eigenvalue weighted by Crippen LogP contribution is -1.99. The van der Waals surface area contributed by atoms with Gasteiger partial charge in [0.25, 0.3) is 0 Å². The summed E-state index contributed by atoms with van der Waals surface area (Å²) in [4.78, 5) is 0. The smallest absolute Gasteiger partial charge is 0.00358 e. The van der Waals surface area contributed by atoms with E-state index in [1.807, 2.05) is 0 Å². The van der Waals surface area contributed by atoms with Crippen molar-refractivity contribution in [2.45, 2.75) is 34.1 Å². The summed E-state index contributed by atoms with van der Waals surface area (Å²) >= 11 is 0. The van der Waals surface area contributed by atoms with E-state index in [2.05, 4.69) is 64.2 Å². The zero-order chi connectivity index (χ0) is 12.4. The fraction of sp³-hybridized carbons (Fsp3) is 0.529. The number of hydrogen-bond acceptors (Lipinski definition) is 0. The summed E-state index contributed by atoms with van der Waals surface area (Å²) in [5.74, 6) is 2.61. The van der Waals surface area contributed by atoms with Crippen molar-refractivity contribution >= 4 is 0 Å². The summed E-state index contributed by atoms with van der Waals surface area (Å²) in [6, 6.07) is 0. The first kappa shape index (κ1) is 12.4. The molecule has 0 amide bonds. The van der Waals surface area contributed by atoms with Crippen LogP contribution in [0.2, 0.25) is 0 Å². The molecule has 92 valence electrons. The van der Waals surface area contributed by atoms with Gasteiger partial charge in [0.15, 0.2) is 0 Å². The normalized spacial score (nSPS) is 27.2. The van der Waals surface area contributed by atoms with E-state index in [9.17, 15) is 0 Å². The van der Waals surface area contributed by atoms with Crippen molar-refractivity contribution < 1.29 is 0 Å². The highest BCUT2D eigenvalue weighted by atomic mass is 14.2. The molecule has 0 saturated heterocycles. The molecule has 17 heavy (non-hydrogen) atoms. The molecule has 0 nitrogen and oxygen atoms in total. The molecule has 0 aromatic rings. The van der Waals surface area contributed by atoms with Gasteiger partial charge in [-0.15, -0.1) is 0 Å². The summed E-state index contributed by atoms with van der Waals surface area (Å²) in [5, 5.41) is 0. The van der Waals surface area contributed by atoms with Gasteiger partial charge in [0, 0.05) is 0 Å². The largest absolute Gasteiger partial charge is 0.0773 e. The summed E-state index contributed by atoms with van der Waals surface area (Å²) in [5.41, 5.74) is 3.01. The standard InChI is InChI=1S/C17H24/c1-12(2)16-7-5-14(10-16)9-15-6-8-17(11-15)13(3)4/h5-8,10-15H,9H2,1-4H3. The molecular weight excluding hydrogens is 204 g/mol. The van der Waals surface area contributed by atoms with Crippen LogP contribution >= 0.6 is 0 Å². The molecular formula is C17H24. The van der Waals surface area contributed by atoms with E-state index in [0.29, 0.717) is 23.7 Å². The van der Waals surface area contributed by atoms with Crippen LogP contribution in [0, 0.1) is 23.7 Å². The Labute approximate surface area is 106 Å². The molecule has 0 saturated carbocycles. The average molecular weight is 228 g/mol. The summed E-state index contributed by atoms with van der Waals surface area (Å²) in [7, 11) is 0. The Morgan fingerprint density at radius 1 is 0.824 bits per heavy atom. The minimum Gasteiger partial charge on any atom is -0.0773 e. The molecule has 0 fully saturated rings. The Hall–Kier alpha value is -1.04. The molecule has 0 spiro atoms. The molecule has 0 radical (unpaired) electrons. The van der Waals surface area contributed by atoms with Crippen molar-refractivity contribution in [1.29, 1.82) is 0 Å². The third kappa shape index (κ3) is 3.00. The molecule has 0 aromatic carbocycles. The first-order valence-corrected chi connectivity index (χ1v) is 6.86. The van der Waals surface area contributed by atoms with Crippen molar-refractivity contribution in [2.24, 2.45) is 23.7 Å². The second-order valence-electron chi connectivity index (χ2n) is 5.92. The first-order valence-electron chi connectivity index (χ1n) is 6.86. The van der Waals surface area contributed by atoms with Crippen LogP contribution in [0.5, 0.6) is 0 Å². The van der Waals surface area contributed by atoms with Crippen LogP contribution in [0.15, 0.2) is 47.6 Å². The molecule has 2 aliphatic carbocycles. The zero-order valence-corrected chi connectivity index (χ0v) is 11.5. The maximum absolute atomic E-state index is 2.44. The van der Waals surface area contributed by atoms with E-state index < -0.39 is 0 Å². The lowest BCUT2D eigenvalue weighted by atomic mass is 9.95. The summed E-state index contributed by atoms with van der Waals surface area (Å²) in [6.07, 6.45) is 15.5. The second-order valence-corrected chi connectivity index (χ2v) is 5.92. The Kier molecular flexibility index (Phi) is 3.71. The number of allylic oxidation sites excluding steroid dienone is 8. The summed E-state index contributed by atoms with van der Waals surface area (Å²) in [6.45, 7) is 9.07. The number of hydrogen-bond donors (Lipinski definition) is 0. The highest BCUT2D eigenvalue weighted by Gasteiger charge is 2.17. The summed E-state index contributed by atoms with van der Waals surface area (Å²) < 4.78 is 0. The Bertz CT molecular complexity index is 350. The topological polar surface area (TPSA) is 0 Å². The predicted molar refractivity (Wildman–Crippen MR) is 75.7 cm³/mol. The van der Waals surface area contributed by atoms with E-state index >= 15 is 0 Å². The highest BCUT2D eigenvalue weighted by molar-refractivity contribution is 5.33. The van der Waals surface area contributed by atoms with Gasteiger partial charge in [0.2, 0.25) is 0 Å².